The minimum Gasteiger partial charge on any atom is -0.375 e. The molecule has 0 aromatic heterocycles. The first-order valence-corrected chi connectivity index (χ1v) is 7.92. The fourth-order valence-electron chi connectivity index (χ4n) is 2.77. The van der Waals surface area contributed by atoms with E-state index in [0.717, 1.165) is 24.2 Å². The van der Waals surface area contributed by atoms with Crippen molar-refractivity contribution in [2.75, 3.05) is 18.1 Å². The van der Waals surface area contributed by atoms with Crippen LogP contribution in [0, 0.1) is 5.82 Å². The van der Waals surface area contributed by atoms with E-state index < -0.39 is 0 Å². The van der Waals surface area contributed by atoms with Crippen LogP contribution in [0.25, 0.3) is 0 Å². The van der Waals surface area contributed by atoms with E-state index in [0.29, 0.717) is 25.2 Å². The van der Waals surface area contributed by atoms with Gasteiger partial charge in [-0.1, -0.05) is 26.8 Å². The van der Waals surface area contributed by atoms with Gasteiger partial charge in [0.1, 0.15) is 5.82 Å². The van der Waals surface area contributed by atoms with Crippen LogP contribution in [0.2, 0.25) is 0 Å². The highest BCUT2D eigenvalue weighted by Crippen LogP contribution is 2.28. The molecular weight excluding hydrogens is 267 g/mol. The highest BCUT2D eigenvalue weighted by atomic mass is 19.1. The molecule has 1 saturated heterocycles. The van der Waals surface area contributed by atoms with Crippen molar-refractivity contribution in [3.63, 3.8) is 0 Å². The predicted molar refractivity (Wildman–Crippen MR) is 85.2 cm³/mol. The van der Waals surface area contributed by atoms with Crippen molar-refractivity contribution in [2.45, 2.75) is 58.8 Å². The number of halogens is 1. The van der Waals surface area contributed by atoms with Gasteiger partial charge in [-0.3, -0.25) is 0 Å². The lowest BCUT2D eigenvalue weighted by Gasteiger charge is -2.41. The molecule has 0 saturated carbocycles. The van der Waals surface area contributed by atoms with Crippen LogP contribution >= 0.6 is 0 Å². The van der Waals surface area contributed by atoms with Gasteiger partial charge < -0.3 is 15.0 Å². The lowest BCUT2D eigenvalue weighted by molar-refractivity contribution is 0.0298. The van der Waals surface area contributed by atoms with Gasteiger partial charge in [0, 0.05) is 30.4 Å². The summed E-state index contributed by atoms with van der Waals surface area (Å²) in [6.07, 6.45) is 1.18. The maximum absolute atomic E-state index is 14.3. The van der Waals surface area contributed by atoms with Crippen LogP contribution in [-0.4, -0.2) is 31.3 Å². The Labute approximate surface area is 127 Å². The largest absolute Gasteiger partial charge is 0.375 e. The van der Waals surface area contributed by atoms with E-state index in [1.165, 1.54) is 0 Å². The summed E-state index contributed by atoms with van der Waals surface area (Å²) < 4.78 is 20.0. The van der Waals surface area contributed by atoms with Crippen LogP contribution in [0.5, 0.6) is 0 Å². The Hall–Kier alpha value is -1.13. The van der Waals surface area contributed by atoms with Crippen LogP contribution in [-0.2, 0) is 11.3 Å². The Morgan fingerprint density at radius 3 is 2.86 bits per heavy atom. The second-order valence-electron chi connectivity index (χ2n) is 6.13. The molecular formula is C17H27FN2O. The molecule has 1 N–H and O–H groups in total. The first-order valence-electron chi connectivity index (χ1n) is 7.92. The number of benzene rings is 1. The van der Waals surface area contributed by atoms with Gasteiger partial charge in [-0.15, -0.1) is 0 Å². The third-order valence-corrected chi connectivity index (χ3v) is 4.03. The number of anilines is 1. The number of nitrogens with one attached hydrogen (secondary N) is 1. The molecule has 1 aromatic carbocycles. The molecule has 1 fully saturated rings. The molecule has 0 spiro atoms. The van der Waals surface area contributed by atoms with Gasteiger partial charge in [0.05, 0.1) is 18.8 Å². The number of nitrogens with zero attached hydrogens (tertiary/aromatic N) is 1. The number of rotatable bonds is 5. The smallest absolute Gasteiger partial charge is 0.129 e. The molecule has 1 aliphatic heterocycles. The second kappa shape index (κ2) is 7.23. The van der Waals surface area contributed by atoms with Crippen LogP contribution in [0.3, 0.4) is 0 Å². The second-order valence-corrected chi connectivity index (χ2v) is 6.13. The van der Waals surface area contributed by atoms with E-state index in [2.05, 4.69) is 37.9 Å². The molecule has 1 aliphatic rings. The van der Waals surface area contributed by atoms with Gasteiger partial charge >= 0.3 is 0 Å². The van der Waals surface area contributed by atoms with Crippen LogP contribution in [0.15, 0.2) is 18.2 Å². The molecule has 0 aliphatic carbocycles. The van der Waals surface area contributed by atoms with E-state index in [1.54, 1.807) is 12.1 Å². The van der Waals surface area contributed by atoms with Crippen molar-refractivity contribution in [3.8, 4) is 0 Å². The zero-order chi connectivity index (χ0) is 15.4. The molecule has 0 amide bonds. The molecule has 21 heavy (non-hydrogen) atoms. The number of morpholine rings is 1. The topological polar surface area (TPSA) is 24.5 Å². The van der Waals surface area contributed by atoms with Crippen molar-refractivity contribution in [1.29, 1.82) is 0 Å². The molecule has 4 heteroatoms. The summed E-state index contributed by atoms with van der Waals surface area (Å²) in [5, 5.41) is 3.33. The van der Waals surface area contributed by atoms with Crippen molar-refractivity contribution >= 4 is 5.69 Å². The third kappa shape index (κ3) is 3.95. The third-order valence-electron chi connectivity index (χ3n) is 4.03. The van der Waals surface area contributed by atoms with Gasteiger partial charge in [-0.05, 0) is 25.5 Å². The zero-order valence-corrected chi connectivity index (χ0v) is 13.5. The molecule has 2 atom stereocenters. The van der Waals surface area contributed by atoms with E-state index in [1.807, 2.05) is 6.07 Å². The highest BCUT2D eigenvalue weighted by molar-refractivity contribution is 5.55. The first-order chi connectivity index (χ1) is 10.0. The van der Waals surface area contributed by atoms with Crippen LogP contribution < -0.4 is 10.2 Å². The molecule has 0 radical (unpaired) electrons. The van der Waals surface area contributed by atoms with E-state index in [-0.39, 0.29) is 11.9 Å². The minimum atomic E-state index is -0.130. The lowest BCUT2D eigenvalue weighted by Crippen LogP contribution is -2.49. The minimum absolute atomic E-state index is 0.130. The molecule has 1 heterocycles. The van der Waals surface area contributed by atoms with Gasteiger partial charge in [-0.25, -0.2) is 4.39 Å². The highest BCUT2D eigenvalue weighted by Gasteiger charge is 2.27. The Bertz CT molecular complexity index is 464. The summed E-state index contributed by atoms with van der Waals surface area (Å²) in [4.78, 5) is 2.31. The predicted octanol–water partition coefficient (Wildman–Crippen LogP) is 3.33. The maximum atomic E-state index is 14.3. The van der Waals surface area contributed by atoms with Gasteiger partial charge in [0.2, 0.25) is 0 Å². The molecule has 0 bridgehead atoms. The fourth-order valence-corrected chi connectivity index (χ4v) is 2.77. The molecule has 3 nitrogen and oxygen atoms in total. The maximum Gasteiger partial charge on any atom is 0.129 e. The van der Waals surface area contributed by atoms with Crippen molar-refractivity contribution in [2.24, 2.45) is 0 Å². The monoisotopic (exact) mass is 294 g/mol. The zero-order valence-electron chi connectivity index (χ0n) is 13.5. The fraction of sp³-hybridized carbons (Fsp3) is 0.647. The lowest BCUT2D eigenvalue weighted by atomic mass is 10.1. The van der Waals surface area contributed by atoms with Crippen molar-refractivity contribution in [3.05, 3.63) is 29.6 Å². The first kappa shape index (κ1) is 16.2. The van der Waals surface area contributed by atoms with Gasteiger partial charge in [0.25, 0.3) is 0 Å². The summed E-state index contributed by atoms with van der Waals surface area (Å²) in [7, 11) is 0. The molecule has 2 unspecified atom stereocenters. The van der Waals surface area contributed by atoms with Crippen molar-refractivity contribution in [1.82, 2.24) is 5.32 Å². The molecule has 118 valence electrons. The Kier molecular flexibility index (Phi) is 5.59. The van der Waals surface area contributed by atoms with E-state index >= 15 is 0 Å². The summed E-state index contributed by atoms with van der Waals surface area (Å²) in [5.41, 5.74) is 1.77. The van der Waals surface area contributed by atoms with Crippen LogP contribution in [0.4, 0.5) is 10.1 Å². The summed E-state index contributed by atoms with van der Waals surface area (Å²) in [6.45, 7) is 10.5. The van der Waals surface area contributed by atoms with Gasteiger partial charge in [-0.2, -0.15) is 0 Å². The van der Waals surface area contributed by atoms with E-state index in [4.69, 9.17) is 4.74 Å². The number of ether oxygens (including phenoxy) is 1. The molecule has 2 rings (SSSR count). The van der Waals surface area contributed by atoms with Gasteiger partial charge in [0.15, 0.2) is 0 Å². The Morgan fingerprint density at radius 1 is 1.43 bits per heavy atom. The Balaban J connectivity index is 2.30. The normalized spacial score (nSPS) is 22.9. The SMILES string of the molecule is CCC1COC(C)CN1c1cccc(F)c1CNC(C)C. The summed E-state index contributed by atoms with van der Waals surface area (Å²) in [6, 6.07) is 6.03. The average molecular weight is 294 g/mol. The van der Waals surface area contributed by atoms with Crippen LogP contribution in [0.1, 0.15) is 39.7 Å². The quantitative estimate of drug-likeness (QED) is 0.901. The summed E-state index contributed by atoms with van der Waals surface area (Å²) >= 11 is 0. The molecule has 1 aromatic rings. The van der Waals surface area contributed by atoms with E-state index in [9.17, 15) is 4.39 Å². The van der Waals surface area contributed by atoms with Crippen molar-refractivity contribution < 1.29 is 9.13 Å². The number of hydrogen-bond donors (Lipinski definition) is 1. The Morgan fingerprint density at radius 2 is 2.19 bits per heavy atom. The standard InChI is InChI=1S/C17H27FN2O/c1-5-14-11-21-13(4)10-20(14)17-8-6-7-16(18)15(17)9-19-12(2)3/h6-8,12-14,19H,5,9-11H2,1-4H3. The average Bonchev–Trinajstić information content (AvgIpc) is 2.45. The summed E-state index contributed by atoms with van der Waals surface area (Å²) in [5.74, 6) is -0.130. The number of hydrogen-bond acceptors (Lipinski definition) is 3.